The minimum atomic E-state index is -0.899. The monoisotopic (exact) mass is 326 g/mol. The molecule has 0 radical (unpaired) electrons. The molecule has 1 aromatic rings. The maximum absolute atomic E-state index is 12.5. The van der Waals surface area contributed by atoms with Gasteiger partial charge in [-0.05, 0) is 35.8 Å². The molecule has 7 heteroatoms. The average Bonchev–Trinajstić information content (AvgIpc) is 2.35. The van der Waals surface area contributed by atoms with Gasteiger partial charge in [-0.15, -0.1) is 0 Å². The van der Waals surface area contributed by atoms with Crippen molar-refractivity contribution in [3.63, 3.8) is 0 Å². The Morgan fingerprint density at radius 1 is 1.58 bits per heavy atom. The van der Waals surface area contributed by atoms with E-state index in [0.717, 1.165) is 0 Å². The molecule has 19 heavy (non-hydrogen) atoms. The van der Waals surface area contributed by atoms with Crippen molar-refractivity contribution in [3.05, 3.63) is 22.3 Å². The zero-order valence-electron chi connectivity index (χ0n) is 10.7. The highest BCUT2D eigenvalue weighted by molar-refractivity contribution is 9.10. The summed E-state index contributed by atoms with van der Waals surface area (Å²) < 4.78 is 0.671. The van der Waals surface area contributed by atoms with E-state index in [1.54, 1.807) is 19.9 Å². The van der Waals surface area contributed by atoms with E-state index in [1.165, 1.54) is 11.1 Å². The van der Waals surface area contributed by atoms with Crippen molar-refractivity contribution in [2.45, 2.75) is 19.4 Å². The number of amides is 2. The first-order valence-corrected chi connectivity index (χ1v) is 6.64. The van der Waals surface area contributed by atoms with E-state index in [0.29, 0.717) is 23.1 Å². The predicted molar refractivity (Wildman–Crippen MR) is 74.5 cm³/mol. The first kappa shape index (κ1) is 13.8. The second kappa shape index (κ2) is 4.80. The van der Waals surface area contributed by atoms with Gasteiger partial charge in [-0.25, -0.2) is 4.98 Å². The van der Waals surface area contributed by atoms with Gasteiger partial charge in [-0.2, -0.15) is 0 Å². The number of hydrogen-bond donors (Lipinski definition) is 2. The van der Waals surface area contributed by atoms with Gasteiger partial charge in [-0.1, -0.05) is 0 Å². The van der Waals surface area contributed by atoms with Gasteiger partial charge in [0.15, 0.2) is 0 Å². The summed E-state index contributed by atoms with van der Waals surface area (Å²) >= 11 is 3.26. The van der Waals surface area contributed by atoms with Crippen LogP contribution in [0.2, 0.25) is 0 Å². The molecule has 6 nitrogen and oxygen atoms in total. The van der Waals surface area contributed by atoms with E-state index in [2.05, 4.69) is 26.2 Å². The predicted octanol–water partition coefficient (Wildman–Crippen LogP) is 0.777. The van der Waals surface area contributed by atoms with Crippen molar-refractivity contribution in [1.82, 2.24) is 15.2 Å². The van der Waals surface area contributed by atoms with E-state index < -0.39 is 5.54 Å². The molecule has 1 aliphatic heterocycles. The minimum Gasteiger partial charge on any atom is -0.383 e. The van der Waals surface area contributed by atoms with Gasteiger partial charge in [0, 0.05) is 23.8 Å². The van der Waals surface area contributed by atoms with E-state index >= 15 is 0 Å². The van der Waals surface area contributed by atoms with E-state index in [-0.39, 0.29) is 17.6 Å². The van der Waals surface area contributed by atoms with Gasteiger partial charge in [0.2, 0.25) is 5.91 Å². The SMILES string of the molecule is CC1(C)C(=O)NCCN1C(=O)c1cc(Br)cnc1N. The van der Waals surface area contributed by atoms with Crippen LogP contribution in [0.1, 0.15) is 24.2 Å². The number of nitrogens with zero attached hydrogens (tertiary/aromatic N) is 2. The number of carbonyl (C=O) groups is 2. The third-order valence-electron chi connectivity index (χ3n) is 3.21. The van der Waals surface area contributed by atoms with Crippen LogP contribution in [0.15, 0.2) is 16.7 Å². The Hall–Kier alpha value is -1.63. The van der Waals surface area contributed by atoms with Crippen LogP contribution in [0.3, 0.4) is 0 Å². The molecule has 0 aromatic carbocycles. The highest BCUT2D eigenvalue weighted by Gasteiger charge is 2.41. The quantitative estimate of drug-likeness (QED) is 0.798. The summed E-state index contributed by atoms with van der Waals surface area (Å²) in [5, 5.41) is 2.75. The zero-order chi connectivity index (χ0) is 14.2. The second-order valence-electron chi connectivity index (χ2n) is 4.86. The van der Waals surface area contributed by atoms with Gasteiger partial charge in [0.1, 0.15) is 11.4 Å². The number of rotatable bonds is 1. The molecule has 3 N–H and O–H groups in total. The summed E-state index contributed by atoms with van der Waals surface area (Å²) in [4.78, 5) is 29.9. The third-order valence-corrected chi connectivity index (χ3v) is 3.65. The lowest BCUT2D eigenvalue weighted by Crippen LogP contribution is -2.63. The van der Waals surface area contributed by atoms with Crippen LogP contribution in [0.25, 0.3) is 0 Å². The largest absolute Gasteiger partial charge is 0.383 e. The molecule has 2 rings (SSSR count). The van der Waals surface area contributed by atoms with Crippen molar-refractivity contribution in [2.75, 3.05) is 18.8 Å². The molecule has 1 aromatic heterocycles. The van der Waals surface area contributed by atoms with Gasteiger partial charge >= 0.3 is 0 Å². The molecule has 102 valence electrons. The fraction of sp³-hybridized carbons (Fsp3) is 0.417. The molecule has 2 amide bonds. The summed E-state index contributed by atoms with van der Waals surface area (Å²) in [5.74, 6) is -0.297. The number of nitrogens with two attached hydrogens (primary N) is 1. The smallest absolute Gasteiger partial charge is 0.258 e. The van der Waals surface area contributed by atoms with E-state index in [4.69, 9.17) is 5.73 Å². The van der Waals surface area contributed by atoms with Gasteiger partial charge in [-0.3, -0.25) is 9.59 Å². The van der Waals surface area contributed by atoms with E-state index in [9.17, 15) is 9.59 Å². The van der Waals surface area contributed by atoms with Gasteiger partial charge in [0.05, 0.1) is 5.56 Å². The Balaban J connectivity index is 2.38. The Morgan fingerprint density at radius 2 is 2.26 bits per heavy atom. The minimum absolute atomic E-state index is 0.162. The van der Waals surface area contributed by atoms with Gasteiger partial charge in [0.25, 0.3) is 5.91 Å². The number of hydrogen-bond acceptors (Lipinski definition) is 4. The number of nitrogens with one attached hydrogen (secondary N) is 1. The molecule has 0 aliphatic carbocycles. The van der Waals surface area contributed by atoms with Gasteiger partial charge < -0.3 is 16.0 Å². The fourth-order valence-corrected chi connectivity index (χ4v) is 2.35. The van der Waals surface area contributed by atoms with Crippen LogP contribution in [0.5, 0.6) is 0 Å². The molecular weight excluding hydrogens is 312 g/mol. The molecule has 2 heterocycles. The van der Waals surface area contributed by atoms with Crippen molar-refractivity contribution in [2.24, 2.45) is 0 Å². The summed E-state index contributed by atoms with van der Waals surface area (Å²) in [6, 6.07) is 1.62. The highest BCUT2D eigenvalue weighted by Crippen LogP contribution is 2.24. The second-order valence-corrected chi connectivity index (χ2v) is 5.77. The number of pyridine rings is 1. The normalized spacial score (nSPS) is 18.1. The fourth-order valence-electron chi connectivity index (χ4n) is 2.02. The molecule has 0 saturated carbocycles. The standard InChI is InChI=1S/C12H15BrN4O2/c1-12(2)11(19)15-3-4-17(12)10(18)8-5-7(13)6-16-9(8)14/h5-6H,3-4H2,1-2H3,(H2,14,16)(H,15,19). The topological polar surface area (TPSA) is 88.3 Å². The molecule has 0 atom stereocenters. The highest BCUT2D eigenvalue weighted by atomic mass is 79.9. The summed E-state index contributed by atoms with van der Waals surface area (Å²) in [6.07, 6.45) is 1.53. The lowest BCUT2D eigenvalue weighted by molar-refractivity contribution is -0.133. The molecule has 1 fully saturated rings. The van der Waals surface area contributed by atoms with E-state index in [1.807, 2.05) is 0 Å². The Kier molecular flexibility index (Phi) is 3.49. The molecule has 0 unspecified atom stereocenters. The van der Waals surface area contributed by atoms with Crippen LogP contribution in [0, 0.1) is 0 Å². The lowest BCUT2D eigenvalue weighted by Gasteiger charge is -2.41. The first-order valence-electron chi connectivity index (χ1n) is 5.85. The van der Waals surface area contributed by atoms with Crippen molar-refractivity contribution in [3.8, 4) is 0 Å². The van der Waals surface area contributed by atoms with Crippen LogP contribution >= 0.6 is 15.9 Å². The number of carbonyl (C=O) groups excluding carboxylic acids is 2. The molecule has 1 saturated heterocycles. The Labute approximate surface area is 119 Å². The molecule has 0 bridgehead atoms. The Bertz CT molecular complexity index is 545. The lowest BCUT2D eigenvalue weighted by atomic mass is 9.97. The zero-order valence-corrected chi connectivity index (χ0v) is 12.3. The number of nitrogen functional groups attached to an aromatic ring is 1. The van der Waals surface area contributed by atoms with Crippen LogP contribution < -0.4 is 11.1 Å². The maximum Gasteiger partial charge on any atom is 0.258 e. The van der Waals surface area contributed by atoms with Crippen molar-refractivity contribution in [1.29, 1.82) is 0 Å². The number of anilines is 1. The number of aromatic nitrogens is 1. The van der Waals surface area contributed by atoms with Crippen LogP contribution in [-0.2, 0) is 4.79 Å². The maximum atomic E-state index is 12.5. The number of halogens is 1. The van der Waals surface area contributed by atoms with Crippen LogP contribution in [0.4, 0.5) is 5.82 Å². The summed E-state index contributed by atoms with van der Waals surface area (Å²) in [5.41, 5.74) is 5.14. The molecule has 0 spiro atoms. The number of piperazine rings is 1. The summed E-state index contributed by atoms with van der Waals surface area (Å²) in [6.45, 7) is 4.31. The third kappa shape index (κ3) is 2.42. The van der Waals surface area contributed by atoms with Crippen LogP contribution in [-0.4, -0.2) is 40.3 Å². The van der Waals surface area contributed by atoms with Crippen molar-refractivity contribution >= 4 is 33.6 Å². The van der Waals surface area contributed by atoms with Crippen molar-refractivity contribution < 1.29 is 9.59 Å². The summed E-state index contributed by atoms with van der Waals surface area (Å²) in [7, 11) is 0. The average molecular weight is 327 g/mol. The molecular formula is C12H15BrN4O2. The Morgan fingerprint density at radius 3 is 2.95 bits per heavy atom. The first-order chi connectivity index (χ1) is 8.84. The molecule has 1 aliphatic rings.